The first kappa shape index (κ1) is 27.8. The summed E-state index contributed by atoms with van der Waals surface area (Å²) < 4.78 is 18.2. The molecule has 8 heteroatoms. The van der Waals surface area contributed by atoms with Crippen molar-refractivity contribution in [2.75, 3.05) is 13.7 Å². The molecule has 1 heterocycles. The predicted molar refractivity (Wildman–Crippen MR) is 148 cm³/mol. The minimum atomic E-state index is -2.77. The molecule has 0 unspecified atom stereocenters. The molecule has 1 aliphatic heterocycles. The van der Waals surface area contributed by atoms with Crippen LogP contribution < -0.4 is 10.4 Å². The van der Waals surface area contributed by atoms with E-state index < -0.39 is 43.1 Å². The van der Waals surface area contributed by atoms with E-state index in [-0.39, 0.29) is 23.8 Å². The second kappa shape index (κ2) is 9.84. The Morgan fingerprint density at radius 3 is 1.95 bits per heavy atom. The van der Waals surface area contributed by atoms with Gasteiger partial charge in [-0.3, -0.25) is 9.69 Å². The van der Waals surface area contributed by atoms with Gasteiger partial charge in [-0.15, -0.1) is 11.6 Å². The van der Waals surface area contributed by atoms with Gasteiger partial charge in [-0.25, -0.2) is 4.79 Å². The van der Waals surface area contributed by atoms with E-state index in [2.05, 4.69) is 45.0 Å². The zero-order valence-electron chi connectivity index (χ0n) is 22.8. The van der Waals surface area contributed by atoms with Crippen LogP contribution in [0.25, 0.3) is 0 Å². The van der Waals surface area contributed by atoms with Gasteiger partial charge in [0.2, 0.25) is 0 Å². The Morgan fingerprint density at radius 1 is 1.00 bits per heavy atom. The van der Waals surface area contributed by atoms with Gasteiger partial charge in [0.05, 0.1) is 7.11 Å². The number of carbonyl (C=O) groups is 2. The SMILES string of the molecule is COC(=O)N1[C@H]2C(=O)[C@@](Cl)(CCO[Si](c3ccccc3)(c3ccccc3)C(C)(C)C)[C@H]2O[C@@H]1C(C)(C)C. The fourth-order valence-electron chi connectivity index (χ4n) is 5.80. The summed E-state index contributed by atoms with van der Waals surface area (Å²) in [5, 5.41) is 2.14. The summed E-state index contributed by atoms with van der Waals surface area (Å²) in [7, 11) is -1.46. The third kappa shape index (κ3) is 4.54. The summed E-state index contributed by atoms with van der Waals surface area (Å²) in [6.45, 7) is 12.8. The number of ketones is 1. The highest BCUT2D eigenvalue weighted by atomic mass is 35.5. The number of amides is 1. The highest BCUT2D eigenvalue weighted by Gasteiger charge is 2.71. The third-order valence-corrected chi connectivity index (χ3v) is 13.2. The van der Waals surface area contributed by atoms with Crippen molar-refractivity contribution < 1.29 is 23.5 Å². The molecule has 200 valence electrons. The van der Waals surface area contributed by atoms with Crippen molar-refractivity contribution in [3.8, 4) is 0 Å². The largest absolute Gasteiger partial charge is 0.453 e. The Balaban J connectivity index is 1.62. The van der Waals surface area contributed by atoms with E-state index in [9.17, 15) is 9.59 Å². The lowest BCUT2D eigenvalue weighted by Gasteiger charge is -2.47. The van der Waals surface area contributed by atoms with E-state index in [4.69, 9.17) is 25.5 Å². The van der Waals surface area contributed by atoms with E-state index >= 15 is 0 Å². The summed E-state index contributed by atoms with van der Waals surface area (Å²) in [6.07, 6.45) is -1.53. The number of hydrogen-bond donors (Lipinski definition) is 0. The fourth-order valence-corrected chi connectivity index (χ4v) is 10.7. The van der Waals surface area contributed by atoms with Crippen molar-refractivity contribution in [2.45, 2.75) is 76.2 Å². The van der Waals surface area contributed by atoms with Gasteiger partial charge >= 0.3 is 6.09 Å². The zero-order valence-corrected chi connectivity index (χ0v) is 24.5. The molecule has 6 nitrogen and oxygen atoms in total. The molecule has 0 spiro atoms. The number of carbonyl (C=O) groups excluding carboxylic acids is 2. The molecule has 1 saturated carbocycles. The second-order valence-electron chi connectivity index (χ2n) is 12.1. The monoisotopic (exact) mass is 543 g/mol. The number of rotatable bonds is 6. The van der Waals surface area contributed by atoms with Crippen LogP contribution in [0.2, 0.25) is 5.04 Å². The van der Waals surface area contributed by atoms with E-state index in [0.717, 1.165) is 10.4 Å². The van der Waals surface area contributed by atoms with Gasteiger partial charge in [0, 0.05) is 12.0 Å². The van der Waals surface area contributed by atoms with E-state index in [1.165, 1.54) is 12.0 Å². The quantitative estimate of drug-likeness (QED) is 0.389. The molecule has 4 rings (SSSR count). The van der Waals surface area contributed by atoms with Crippen LogP contribution in [0.5, 0.6) is 0 Å². The van der Waals surface area contributed by atoms with Crippen molar-refractivity contribution >= 4 is 42.2 Å². The molecule has 0 bridgehead atoms. The summed E-state index contributed by atoms with van der Waals surface area (Å²) >= 11 is 7.00. The maximum atomic E-state index is 13.5. The van der Waals surface area contributed by atoms with Crippen LogP contribution in [-0.2, 0) is 18.7 Å². The van der Waals surface area contributed by atoms with Gasteiger partial charge < -0.3 is 13.9 Å². The molecule has 1 saturated heterocycles. The molecule has 0 aromatic heterocycles. The number of ether oxygens (including phenoxy) is 2. The first-order chi connectivity index (χ1) is 17.3. The van der Waals surface area contributed by atoms with Gasteiger partial charge in [-0.1, -0.05) is 102 Å². The van der Waals surface area contributed by atoms with Gasteiger partial charge in [0.25, 0.3) is 8.32 Å². The molecular weight excluding hydrogens is 506 g/mol. The molecule has 2 fully saturated rings. The Bertz CT molecular complexity index is 1090. The lowest BCUT2D eigenvalue weighted by molar-refractivity contribution is -0.142. The predicted octanol–water partition coefficient (Wildman–Crippen LogP) is 4.72. The lowest BCUT2D eigenvalue weighted by Crippen LogP contribution is -2.71. The molecule has 1 aliphatic carbocycles. The van der Waals surface area contributed by atoms with E-state index in [1.54, 1.807) is 0 Å². The Morgan fingerprint density at radius 2 is 1.51 bits per heavy atom. The van der Waals surface area contributed by atoms with Crippen LogP contribution in [0.1, 0.15) is 48.0 Å². The van der Waals surface area contributed by atoms with Crippen LogP contribution >= 0.6 is 11.6 Å². The molecule has 2 aromatic rings. The van der Waals surface area contributed by atoms with Crippen molar-refractivity contribution in [3.63, 3.8) is 0 Å². The van der Waals surface area contributed by atoms with Gasteiger partial charge in [0.15, 0.2) is 5.78 Å². The highest BCUT2D eigenvalue weighted by molar-refractivity contribution is 6.99. The second-order valence-corrected chi connectivity index (χ2v) is 17.1. The normalized spacial score (nSPS) is 26.0. The van der Waals surface area contributed by atoms with Crippen molar-refractivity contribution in [1.29, 1.82) is 0 Å². The van der Waals surface area contributed by atoms with Crippen LogP contribution in [0.15, 0.2) is 60.7 Å². The van der Waals surface area contributed by atoms with Crippen LogP contribution in [0.3, 0.4) is 0 Å². The molecular formula is C29H38ClNO5Si. The number of halogens is 1. The topological polar surface area (TPSA) is 65.1 Å². The van der Waals surface area contributed by atoms with Crippen molar-refractivity contribution in [1.82, 2.24) is 4.90 Å². The number of nitrogens with zero attached hydrogens (tertiary/aromatic N) is 1. The number of methoxy groups -OCH3 is 1. The average Bonchev–Trinajstić information content (AvgIpc) is 3.25. The molecule has 0 radical (unpaired) electrons. The molecule has 2 aliphatic rings. The number of hydrogen-bond acceptors (Lipinski definition) is 5. The van der Waals surface area contributed by atoms with Crippen molar-refractivity contribution in [3.05, 3.63) is 60.7 Å². The summed E-state index contributed by atoms with van der Waals surface area (Å²) in [4.78, 5) is 26.2. The Kier molecular flexibility index (Phi) is 7.40. The minimum Gasteiger partial charge on any atom is -0.453 e. The van der Waals surface area contributed by atoms with Gasteiger partial charge in [-0.2, -0.15) is 0 Å². The molecule has 2 aromatic carbocycles. The maximum absolute atomic E-state index is 13.5. The van der Waals surface area contributed by atoms with E-state index in [0.29, 0.717) is 0 Å². The first-order valence-electron chi connectivity index (χ1n) is 12.8. The van der Waals surface area contributed by atoms with E-state index in [1.807, 2.05) is 57.2 Å². The van der Waals surface area contributed by atoms with Gasteiger partial charge in [-0.05, 0) is 21.8 Å². The number of Topliss-reactive ketones (excluding diaryl/α,β-unsaturated/α-hetero) is 1. The maximum Gasteiger partial charge on any atom is 0.412 e. The standard InChI is InChI=1S/C29H38ClNO5Si/c1-27(2,3)25-31(26(33)34-7)22-23(32)29(30,24(22)36-25)18-19-35-37(28(4,5)6,20-14-10-8-11-15-20)21-16-12-9-13-17-21/h8-17,22,24-25H,18-19H2,1-7H3/t22-,24-,25+,29-/m0/s1. The zero-order chi connectivity index (χ0) is 27.2. The molecule has 0 N–H and O–H groups in total. The number of benzene rings is 2. The molecule has 1 amide bonds. The summed E-state index contributed by atoms with van der Waals surface area (Å²) in [5.74, 6) is -0.220. The molecule has 4 atom stereocenters. The average molecular weight is 544 g/mol. The Labute approximate surface area is 226 Å². The third-order valence-electron chi connectivity index (χ3n) is 7.57. The van der Waals surface area contributed by atoms with Crippen molar-refractivity contribution in [2.24, 2.45) is 5.41 Å². The Hall–Kier alpha value is -2.19. The summed E-state index contributed by atoms with van der Waals surface area (Å²) in [6, 6.07) is 20.0. The number of alkyl halides is 1. The summed E-state index contributed by atoms with van der Waals surface area (Å²) in [5.41, 5.74) is -0.422. The highest BCUT2D eigenvalue weighted by Crippen LogP contribution is 2.51. The smallest absolute Gasteiger partial charge is 0.412 e. The van der Waals surface area contributed by atoms with Crippen LogP contribution in [0, 0.1) is 5.41 Å². The van der Waals surface area contributed by atoms with Gasteiger partial charge in [0.1, 0.15) is 23.2 Å². The fraction of sp³-hybridized carbons (Fsp3) is 0.517. The minimum absolute atomic E-state index is 0.190. The lowest BCUT2D eigenvalue weighted by atomic mass is 9.72. The van der Waals surface area contributed by atoms with Crippen LogP contribution in [-0.4, -0.2) is 62.1 Å². The van der Waals surface area contributed by atoms with Crippen LogP contribution in [0.4, 0.5) is 4.79 Å². The first-order valence-corrected chi connectivity index (χ1v) is 15.1. The molecule has 37 heavy (non-hydrogen) atoms. The number of fused-ring (bicyclic) bond motifs is 1.